The topological polar surface area (TPSA) is 95.9 Å². The number of benzene rings is 1. The average Bonchev–Trinajstić information content (AvgIpc) is 3.38. The minimum atomic E-state index is -1.13. The van der Waals surface area contributed by atoms with Gasteiger partial charge in [-0.2, -0.15) is 0 Å². The highest BCUT2D eigenvalue weighted by molar-refractivity contribution is 7.34. The molecule has 8 heteroatoms. The number of thiophene rings is 2. The van der Waals surface area contributed by atoms with Gasteiger partial charge in [0.05, 0.1) is 9.40 Å². The van der Waals surface area contributed by atoms with Gasteiger partial charge in [-0.25, -0.2) is 9.59 Å². The monoisotopic (exact) mass is 501 g/mol. The SMILES string of the molecule is O=C(O)COc1c(C(=O)O)sc2c1sc1cc(NC(C3CCCCC3)C3CCCCC3)ccc12. The first-order chi connectivity index (χ1) is 16.5. The Hall–Kier alpha value is -2.32. The van der Waals surface area contributed by atoms with Crippen molar-refractivity contribution in [3.05, 3.63) is 23.1 Å². The van der Waals surface area contributed by atoms with Gasteiger partial charge in [0.25, 0.3) is 0 Å². The maximum Gasteiger partial charge on any atom is 0.349 e. The summed E-state index contributed by atoms with van der Waals surface area (Å²) < 4.78 is 8.05. The highest BCUT2D eigenvalue weighted by Gasteiger charge is 2.31. The number of aliphatic carboxylic acids is 1. The minimum absolute atomic E-state index is 0.0567. The highest BCUT2D eigenvalue weighted by atomic mass is 32.1. The maximum absolute atomic E-state index is 11.7. The Bertz CT molecular complexity index is 1170. The Morgan fingerprint density at radius 2 is 1.59 bits per heavy atom. The Labute approximate surface area is 206 Å². The molecule has 0 saturated heterocycles. The van der Waals surface area contributed by atoms with E-state index in [1.165, 1.54) is 75.5 Å². The van der Waals surface area contributed by atoms with Crippen molar-refractivity contribution < 1.29 is 24.5 Å². The van der Waals surface area contributed by atoms with Gasteiger partial charge in [0.2, 0.25) is 0 Å². The van der Waals surface area contributed by atoms with Gasteiger partial charge >= 0.3 is 11.9 Å². The van der Waals surface area contributed by atoms with Crippen LogP contribution in [0.3, 0.4) is 0 Å². The van der Waals surface area contributed by atoms with E-state index < -0.39 is 18.5 Å². The van der Waals surface area contributed by atoms with Gasteiger partial charge in [0, 0.05) is 21.8 Å². The summed E-state index contributed by atoms with van der Waals surface area (Å²) in [4.78, 5) is 22.8. The van der Waals surface area contributed by atoms with Crippen LogP contribution in [0.5, 0.6) is 5.75 Å². The molecule has 0 aliphatic heterocycles. The van der Waals surface area contributed by atoms with Crippen LogP contribution in [-0.2, 0) is 4.79 Å². The van der Waals surface area contributed by atoms with Crippen LogP contribution in [0, 0.1) is 11.8 Å². The molecular formula is C26H31NO5S2. The smallest absolute Gasteiger partial charge is 0.349 e. The lowest BCUT2D eigenvalue weighted by atomic mass is 9.73. The maximum atomic E-state index is 11.7. The number of nitrogens with one attached hydrogen (secondary N) is 1. The molecule has 2 heterocycles. The second kappa shape index (κ2) is 10.1. The minimum Gasteiger partial charge on any atom is -0.479 e. The van der Waals surface area contributed by atoms with Gasteiger partial charge in [0.1, 0.15) is 0 Å². The van der Waals surface area contributed by atoms with E-state index in [-0.39, 0.29) is 10.6 Å². The molecule has 2 fully saturated rings. The largest absolute Gasteiger partial charge is 0.479 e. The van der Waals surface area contributed by atoms with E-state index in [1.54, 1.807) is 0 Å². The van der Waals surface area contributed by atoms with Crippen LogP contribution in [0.15, 0.2) is 18.2 Å². The van der Waals surface area contributed by atoms with Crippen LogP contribution >= 0.6 is 22.7 Å². The molecule has 1 aromatic carbocycles. The lowest BCUT2D eigenvalue weighted by molar-refractivity contribution is -0.139. The first kappa shape index (κ1) is 23.4. The summed E-state index contributed by atoms with van der Waals surface area (Å²) in [7, 11) is 0. The zero-order valence-corrected chi connectivity index (χ0v) is 20.8. The first-order valence-electron chi connectivity index (χ1n) is 12.3. The number of hydrogen-bond acceptors (Lipinski definition) is 6. The lowest BCUT2D eigenvalue weighted by Crippen LogP contribution is -2.38. The van der Waals surface area contributed by atoms with E-state index in [0.717, 1.165) is 43.6 Å². The number of carboxylic acid groups (broad SMARTS) is 2. The Morgan fingerprint density at radius 1 is 0.941 bits per heavy atom. The molecule has 34 heavy (non-hydrogen) atoms. The first-order valence-corrected chi connectivity index (χ1v) is 14.0. The second-order valence-electron chi connectivity index (χ2n) is 9.69. The molecule has 2 saturated carbocycles. The van der Waals surface area contributed by atoms with E-state index in [2.05, 4.69) is 23.5 Å². The van der Waals surface area contributed by atoms with Crippen LogP contribution in [-0.4, -0.2) is 34.8 Å². The number of fused-ring (bicyclic) bond motifs is 3. The van der Waals surface area contributed by atoms with Crippen molar-refractivity contribution in [2.45, 2.75) is 70.3 Å². The van der Waals surface area contributed by atoms with Crippen LogP contribution in [0.25, 0.3) is 19.5 Å². The normalized spacial score (nSPS) is 18.0. The van der Waals surface area contributed by atoms with Gasteiger partial charge in [-0.15, -0.1) is 22.7 Å². The molecule has 0 amide bonds. The van der Waals surface area contributed by atoms with Gasteiger partial charge in [0.15, 0.2) is 17.2 Å². The van der Waals surface area contributed by atoms with Crippen molar-refractivity contribution in [1.82, 2.24) is 0 Å². The predicted octanol–water partition coefficient (Wildman–Crippen LogP) is 7.22. The van der Waals surface area contributed by atoms with Crippen LogP contribution in [0.1, 0.15) is 73.9 Å². The second-order valence-corrected chi connectivity index (χ2v) is 11.8. The van der Waals surface area contributed by atoms with Crippen molar-refractivity contribution in [2.75, 3.05) is 11.9 Å². The fourth-order valence-electron chi connectivity index (χ4n) is 5.87. The third-order valence-corrected chi connectivity index (χ3v) is 9.92. The van der Waals surface area contributed by atoms with Crippen LogP contribution in [0.2, 0.25) is 0 Å². The summed E-state index contributed by atoms with van der Waals surface area (Å²) in [6.45, 7) is -0.558. The number of carboxylic acids is 2. The van der Waals surface area contributed by atoms with Crippen molar-refractivity contribution in [3.8, 4) is 5.75 Å². The van der Waals surface area contributed by atoms with Crippen molar-refractivity contribution in [1.29, 1.82) is 0 Å². The molecule has 182 valence electrons. The summed E-state index contributed by atoms with van der Waals surface area (Å²) in [5.74, 6) is -0.585. The molecule has 5 rings (SSSR count). The van der Waals surface area contributed by atoms with E-state index in [9.17, 15) is 14.7 Å². The number of carbonyl (C=O) groups is 2. The average molecular weight is 502 g/mol. The molecule has 3 aromatic rings. The lowest BCUT2D eigenvalue weighted by Gasteiger charge is -2.39. The van der Waals surface area contributed by atoms with Gasteiger partial charge in [-0.05, 0) is 49.7 Å². The van der Waals surface area contributed by atoms with Gasteiger partial charge in [-0.3, -0.25) is 0 Å². The summed E-state index contributed by atoms with van der Waals surface area (Å²) in [5, 5.41) is 23.5. The molecule has 0 bridgehead atoms. The zero-order chi connectivity index (χ0) is 23.7. The molecular weight excluding hydrogens is 470 g/mol. The molecule has 2 aromatic heterocycles. The van der Waals surface area contributed by atoms with Gasteiger partial charge in [-0.1, -0.05) is 44.6 Å². The van der Waals surface area contributed by atoms with E-state index >= 15 is 0 Å². The Balaban J connectivity index is 1.46. The van der Waals surface area contributed by atoms with Crippen LogP contribution in [0.4, 0.5) is 5.69 Å². The molecule has 6 nitrogen and oxygen atoms in total. The van der Waals surface area contributed by atoms with E-state index in [1.807, 2.05) is 0 Å². The van der Waals surface area contributed by atoms with Gasteiger partial charge < -0.3 is 20.3 Å². The summed E-state index contributed by atoms with van der Waals surface area (Å²) >= 11 is 2.64. The molecule has 0 atom stereocenters. The fraction of sp³-hybridized carbons (Fsp3) is 0.538. The van der Waals surface area contributed by atoms with Crippen molar-refractivity contribution in [2.24, 2.45) is 11.8 Å². The molecule has 0 spiro atoms. The number of hydrogen-bond donors (Lipinski definition) is 3. The number of rotatable bonds is 8. The predicted molar refractivity (Wildman–Crippen MR) is 138 cm³/mol. The quantitative estimate of drug-likeness (QED) is 0.302. The molecule has 0 unspecified atom stereocenters. The summed E-state index contributed by atoms with van der Waals surface area (Å²) in [6.07, 6.45) is 13.3. The summed E-state index contributed by atoms with van der Waals surface area (Å²) in [5.41, 5.74) is 1.12. The Morgan fingerprint density at radius 3 is 2.18 bits per heavy atom. The third-order valence-electron chi connectivity index (χ3n) is 7.44. The number of anilines is 1. The number of ether oxygens (including phenoxy) is 1. The van der Waals surface area contributed by atoms with Crippen LogP contribution < -0.4 is 10.1 Å². The molecule has 2 aliphatic carbocycles. The molecule has 0 radical (unpaired) electrons. The zero-order valence-electron chi connectivity index (χ0n) is 19.2. The van der Waals surface area contributed by atoms with E-state index in [4.69, 9.17) is 9.84 Å². The fourth-order valence-corrected chi connectivity index (χ4v) is 8.41. The Kier molecular flexibility index (Phi) is 6.97. The standard InChI is InChI=1S/C26H31NO5S2/c28-20(29)14-32-22-24-23(34-25(22)26(30)31)18-12-11-17(13-19(18)33-24)27-21(15-7-3-1-4-8-15)16-9-5-2-6-10-16/h11-13,15-16,21,27H,1-10,14H2,(H,28,29)(H,30,31). The highest BCUT2D eigenvalue weighted by Crippen LogP contribution is 2.48. The van der Waals surface area contributed by atoms with E-state index in [0.29, 0.717) is 10.7 Å². The molecule has 3 N–H and O–H groups in total. The molecule has 2 aliphatic rings. The van der Waals surface area contributed by atoms with Crippen molar-refractivity contribution in [3.63, 3.8) is 0 Å². The summed E-state index contributed by atoms with van der Waals surface area (Å²) in [6, 6.07) is 6.86. The van der Waals surface area contributed by atoms with Crippen molar-refractivity contribution >= 4 is 59.8 Å². The third kappa shape index (κ3) is 4.75. The number of aromatic carboxylic acids is 1.